The van der Waals surface area contributed by atoms with Crippen molar-refractivity contribution < 1.29 is 21.3 Å². The first-order valence-electron chi connectivity index (χ1n) is 6.69. The summed E-state index contributed by atoms with van der Waals surface area (Å²) in [6.07, 6.45) is 3.91. The van der Waals surface area contributed by atoms with Crippen LogP contribution in [0.2, 0.25) is 0 Å². The molecule has 122 valence electrons. The first-order chi connectivity index (χ1) is 9.74. The fraction of sp³-hybridized carbons (Fsp3) is 0.667. The first kappa shape index (κ1) is 18.1. The Bertz CT molecular complexity index is 608. The third kappa shape index (κ3) is 7.07. The standard InChI is InChI=1S/C12H22N2O5S2/c1-3-4-10-21(17,18)13-7-8-14(20(2,15)16)11-12-6-5-9-19-12/h5-6,9,13H,3-4,7-8,10-11H2,1-2H3. The van der Waals surface area contributed by atoms with Crippen molar-refractivity contribution in [2.45, 2.75) is 26.3 Å². The molecule has 0 fully saturated rings. The van der Waals surface area contributed by atoms with Crippen LogP contribution < -0.4 is 4.72 Å². The van der Waals surface area contributed by atoms with Crippen LogP contribution in [0.25, 0.3) is 0 Å². The minimum Gasteiger partial charge on any atom is -0.468 e. The van der Waals surface area contributed by atoms with E-state index in [1.807, 2.05) is 6.92 Å². The average Bonchev–Trinajstić information content (AvgIpc) is 2.87. The van der Waals surface area contributed by atoms with E-state index in [0.29, 0.717) is 12.2 Å². The van der Waals surface area contributed by atoms with E-state index in [9.17, 15) is 16.8 Å². The molecule has 1 N–H and O–H groups in total. The Balaban J connectivity index is 2.55. The zero-order chi connectivity index (χ0) is 15.9. The zero-order valence-corrected chi connectivity index (χ0v) is 13.9. The molecule has 9 heteroatoms. The van der Waals surface area contributed by atoms with E-state index in [0.717, 1.165) is 12.7 Å². The van der Waals surface area contributed by atoms with Gasteiger partial charge in [0, 0.05) is 13.1 Å². The van der Waals surface area contributed by atoms with Crippen molar-refractivity contribution in [1.82, 2.24) is 9.03 Å². The normalized spacial score (nSPS) is 12.9. The molecule has 0 atom stereocenters. The molecule has 0 aromatic carbocycles. The molecule has 0 amide bonds. The summed E-state index contributed by atoms with van der Waals surface area (Å²) < 4.78 is 55.4. The first-order valence-corrected chi connectivity index (χ1v) is 10.2. The molecule has 0 radical (unpaired) electrons. The van der Waals surface area contributed by atoms with Crippen LogP contribution in [0.4, 0.5) is 0 Å². The number of unbranched alkanes of at least 4 members (excludes halogenated alkanes) is 1. The van der Waals surface area contributed by atoms with E-state index in [1.54, 1.807) is 12.1 Å². The molecular weight excluding hydrogens is 316 g/mol. The van der Waals surface area contributed by atoms with Crippen LogP contribution in [0, 0.1) is 0 Å². The predicted molar refractivity (Wildman–Crippen MR) is 80.7 cm³/mol. The van der Waals surface area contributed by atoms with Gasteiger partial charge in [0.2, 0.25) is 20.0 Å². The highest BCUT2D eigenvalue weighted by Crippen LogP contribution is 2.08. The lowest BCUT2D eigenvalue weighted by Crippen LogP contribution is -2.38. The van der Waals surface area contributed by atoms with E-state index in [2.05, 4.69) is 4.72 Å². The monoisotopic (exact) mass is 338 g/mol. The fourth-order valence-electron chi connectivity index (χ4n) is 1.67. The van der Waals surface area contributed by atoms with E-state index in [4.69, 9.17) is 4.42 Å². The van der Waals surface area contributed by atoms with Crippen molar-refractivity contribution >= 4 is 20.0 Å². The lowest BCUT2D eigenvalue weighted by Gasteiger charge is -2.19. The minimum atomic E-state index is -3.44. The van der Waals surface area contributed by atoms with Gasteiger partial charge in [0.1, 0.15) is 5.76 Å². The second kappa shape index (κ2) is 7.92. The summed E-state index contributed by atoms with van der Waals surface area (Å²) in [5.41, 5.74) is 0. The molecule has 0 saturated heterocycles. The quantitative estimate of drug-likeness (QED) is 0.679. The van der Waals surface area contributed by atoms with E-state index < -0.39 is 20.0 Å². The van der Waals surface area contributed by atoms with Crippen LogP contribution in [0.15, 0.2) is 22.8 Å². The van der Waals surface area contributed by atoms with Crippen molar-refractivity contribution in [3.05, 3.63) is 24.2 Å². The Morgan fingerprint density at radius 2 is 2.00 bits per heavy atom. The maximum atomic E-state index is 11.7. The highest BCUT2D eigenvalue weighted by atomic mass is 32.2. The molecule has 1 aromatic heterocycles. The molecule has 1 aromatic rings. The second-order valence-electron chi connectivity index (χ2n) is 4.74. The van der Waals surface area contributed by atoms with Crippen LogP contribution in [0.5, 0.6) is 0 Å². The number of nitrogens with zero attached hydrogens (tertiary/aromatic N) is 1. The Hall–Kier alpha value is -0.900. The summed E-state index contributed by atoms with van der Waals surface area (Å²) in [4.78, 5) is 0. The van der Waals surface area contributed by atoms with Gasteiger partial charge in [-0.2, -0.15) is 4.31 Å². The van der Waals surface area contributed by atoms with Gasteiger partial charge in [0.25, 0.3) is 0 Å². The third-order valence-corrected chi connectivity index (χ3v) is 5.55. The number of sulfonamides is 2. The van der Waals surface area contributed by atoms with Crippen molar-refractivity contribution in [3.63, 3.8) is 0 Å². The Morgan fingerprint density at radius 3 is 2.52 bits per heavy atom. The maximum absolute atomic E-state index is 11.7. The highest BCUT2D eigenvalue weighted by molar-refractivity contribution is 7.89. The van der Waals surface area contributed by atoms with Crippen LogP contribution >= 0.6 is 0 Å². The van der Waals surface area contributed by atoms with Crippen LogP contribution in [0.1, 0.15) is 25.5 Å². The molecule has 0 saturated carbocycles. The number of rotatable bonds is 10. The molecule has 7 nitrogen and oxygen atoms in total. The van der Waals surface area contributed by atoms with Crippen LogP contribution in [-0.2, 0) is 26.6 Å². The molecule has 1 heterocycles. The van der Waals surface area contributed by atoms with Crippen molar-refractivity contribution in [2.24, 2.45) is 0 Å². The molecule has 1 rings (SSSR count). The molecule has 0 unspecified atom stereocenters. The van der Waals surface area contributed by atoms with Gasteiger partial charge in [-0.25, -0.2) is 21.6 Å². The molecule has 21 heavy (non-hydrogen) atoms. The lowest BCUT2D eigenvalue weighted by atomic mass is 10.4. The van der Waals surface area contributed by atoms with Gasteiger partial charge in [-0.05, 0) is 18.6 Å². The van der Waals surface area contributed by atoms with Gasteiger partial charge in [0.15, 0.2) is 0 Å². The number of nitrogens with one attached hydrogen (secondary N) is 1. The molecule has 0 spiro atoms. The van der Waals surface area contributed by atoms with Gasteiger partial charge < -0.3 is 4.42 Å². The third-order valence-electron chi connectivity index (χ3n) is 2.83. The summed E-state index contributed by atoms with van der Waals surface area (Å²) in [6, 6.07) is 3.34. The smallest absolute Gasteiger partial charge is 0.211 e. The molecule has 0 aliphatic heterocycles. The predicted octanol–water partition coefficient (Wildman–Crippen LogP) is 0.761. The Labute approximate surface area is 126 Å². The van der Waals surface area contributed by atoms with Gasteiger partial charge in [0.05, 0.1) is 24.8 Å². The summed E-state index contributed by atoms with van der Waals surface area (Å²) in [7, 11) is -6.78. The maximum Gasteiger partial charge on any atom is 0.211 e. The zero-order valence-electron chi connectivity index (χ0n) is 12.3. The van der Waals surface area contributed by atoms with Gasteiger partial charge in [-0.1, -0.05) is 13.3 Å². The second-order valence-corrected chi connectivity index (χ2v) is 8.65. The van der Waals surface area contributed by atoms with E-state index >= 15 is 0 Å². The summed E-state index contributed by atoms with van der Waals surface area (Å²) in [5.74, 6) is 0.565. The van der Waals surface area contributed by atoms with E-state index in [1.165, 1.54) is 10.6 Å². The molecule has 0 bridgehead atoms. The Kier molecular flexibility index (Phi) is 6.85. The summed E-state index contributed by atoms with van der Waals surface area (Å²) >= 11 is 0. The number of furan rings is 1. The van der Waals surface area contributed by atoms with Gasteiger partial charge in [-0.15, -0.1) is 0 Å². The fourth-order valence-corrected chi connectivity index (χ4v) is 3.67. The Morgan fingerprint density at radius 1 is 1.29 bits per heavy atom. The number of hydrogen-bond donors (Lipinski definition) is 1. The van der Waals surface area contributed by atoms with Crippen molar-refractivity contribution in [2.75, 3.05) is 25.1 Å². The van der Waals surface area contributed by atoms with Gasteiger partial charge >= 0.3 is 0 Å². The summed E-state index contributed by atoms with van der Waals surface area (Å²) in [5, 5.41) is 0. The average molecular weight is 338 g/mol. The van der Waals surface area contributed by atoms with Crippen LogP contribution in [0.3, 0.4) is 0 Å². The number of hydrogen-bond acceptors (Lipinski definition) is 5. The highest BCUT2D eigenvalue weighted by Gasteiger charge is 2.19. The summed E-state index contributed by atoms with van der Waals surface area (Å²) in [6.45, 7) is 2.09. The van der Waals surface area contributed by atoms with Gasteiger partial charge in [-0.3, -0.25) is 0 Å². The molecule has 0 aliphatic carbocycles. The SMILES string of the molecule is CCCCS(=O)(=O)NCCN(Cc1ccco1)S(C)(=O)=O. The molecule has 0 aliphatic rings. The molecular formula is C12H22N2O5S2. The van der Waals surface area contributed by atoms with Crippen LogP contribution in [-0.4, -0.2) is 46.2 Å². The topological polar surface area (TPSA) is 96.7 Å². The van der Waals surface area contributed by atoms with Crippen molar-refractivity contribution in [3.8, 4) is 0 Å². The minimum absolute atomic E-state index is 0.0415. The largest absolute Gasteiger partial charge is 0.468 e. The lowest BCUT2D eigenvalue weighted by molar-refractivity contribution is 0.368. The van der Waals surface area contributed by atoms with Crippen molar-refractivity contribution in [1.29, 1.82) is 0 Å². The van der Waals surface area contributed by atoms with E-state index in [-0.39, 0.29) is 25.4 Å².